The predicted octanol–water partition coefficient (Wildman–Crippen LogP) is 4.59. The van der Waals surface area contributed by atoms with E-state index in [-0.39, 0.29) is 0 Å². The Bertz CT molecular complexity index is 438. The molecule has 3 heteroatoms. The van der Waals surface area contributed by atoms with E-state index in [2.05, 4.69) is 4.90 Å². The van der Waals surface area contributed by atoms with Crippen LogP contribution in [0.25, 0.3) is 0 Å². The zero-order valence-electron chi connectivity index (χ0n) is 12.1. The average molecular weight is 294 g/mol. The van der Waals surface area contributed by atoms with Crippen LogP contribution in [0.15, 0.2) is 18.2 Å². The molecule has 2 fully saturated rings. The Balaban J connectivity index is 1.61. The fraction of sp³-hybridized carbons (Fsp3) is 0.647. The van der Waals surface area contributed by atoms with Crippen LogP contribution in [0, 0.1) is 5.41 Å². The minimum atomic E-state index is 0.329. The van der Waals surface area contributed by atoms with Crippen LogP contribution in [0.2, 0.25) is 5.02 Å². The maximum Gasteiger partial charge on any atom is 0.121 e. The molecule has 1 spiro atoms. The van der Waals surface area contributed by atoms with E-state index in [0.29, 0.717) is 16.2 Å². The first-order valence-electron chi connectivity index (χ1n) is 7.87. The van der Waals surface area contributed by atoms with Crippen molar-refractivity contribution in [1.82, 2.24) is 4.90 Å². The largest absolute Gasteiger partial charge is 0.508 e. The molecule has 1 aliphatic carbocycles. The van der Waals surface area contributed by atoms with Gasteiger partial charge in [-0.05, 0) is 56.3 Å². The van der Waals surface area contributed by atoms with Gasteiger partial charge in [0.2, 0.25) is 0 Å². The molecule has 1 heterocycles. The van der Waals surface area contributed by atoms with Crippen molar-refractivity contribution in [2.75, 3.05) is 13.1 Å². The number of phenolic OH excluding ortho intramolecular Hbond substituents is 1. The lowest BCUT2D eigenvalue weighted by Crippen LogP contribution is -2.40. The zero-order valence-corrected chi connectivity index (χ0v) is 12.8. The lowest BCUT2D eigenvalue weighted by Gasteiger charge is -2.44. The number of rotatable bonds is 2. The first kappa shape index (κ1) is 14.2. The third-order valence-corrected chi connectivity index (χ3v) is 5.66. The molecule has 2 nitrogen and oxygen atoms in total. The lowest BCUT2D eigenvalue weighted by molar-refractivity contribution is 0.0638. The van der Waals surface area contributed by atoms with Gasteiger partial charge in [-0.25, -0.2) is 0 Å². The van der Waals surface area contributed by atoms with Gasteiger partial charge in [0, 0.05) is 17.1 Å². The first-order valence-corrected chi connectivity index (χ1v) is 8.25. The standard InChI is InChI=1S/C17H24ClNO/c18-15-5-4-6-16(20)14(15)13-19-11-9-17(10-12-19)7-2-1-3-8-17/h4-6,20H,1-3,7-13H2. The molecule has 0 aromatic heterocycles. The Hall–Kier alpha value is -0.730. The summed E-state index contributed by atoms with van der Waals surface area (Å²) >= 11 is 6.20. The number of halogens is 1. The molecule has 1 saturated carbocycles. The van der Waals surface area contributed by atoms with Crippen molar-refractivity contribution < 1.29 is 5.11 Å². The van der Waals surface area contributed by atoms with E-state index < -0.39 is 0 Å². The fourth-order valence-electron chi connectivity index (χ4n) is 3.91. The molecule has 110 valence electrons. The molecule has 1 N–H and O–H groups in total. The highest BCUT2D eigenvalue weighted by Gasteiger charge is 2.35. The van der Waals surface area contributed by atoms with Crippen molar-refractivity contribution in [2.24, 2.45) is 5.41 Å². The summed E-state index contributed by atoms with van der Waals surface area (Å²) in [6, 6.07) is 5.39. The number of hydrogen-bond donors (Lipinski definition) is 1. The van der Waals surface area contributed by atoms with Gasteiger partial charge >= 0.3 is 0 Å². The number of nitrogens with zero attached hydrogens (tertiary/aromatic N) is 1. The molecule has 0 amide bonds. The summed E-state index contributed by atoms with van der Waals surface area (Å²) in [5.74, 6) is 0.329. The number of phenols is 1. The Kier molecular flexibility index (Phi) is 4.23. The van der Waals surface area contributed by atoms with E-state index >= 15 is 0 Å². The Morgan fingerprint density at radius 3 is 2.40 bits per heavy atom. The topological polar surface area (TPSA) is 23.5 Å². The van der Waals surface area contributed by atoms with Gasteiger partial charge in [-0.1, -0.05) is 36.9 Å². The second kappa shape index (κ2) is 5.95. The van der Waals surface area contributed by atoms with Crippen LogP contribution in [-0.2, 0) is 6.54 Å². The third-order valence-electron chi connectivity index (χ3n) is 5.31. The predicted molar refractivity (Wildman–Crippen MR) is 83.1 cm³/mol. The molecule has 0 atom stereocenters. The number of benzene rings is 1. The highest BCUT2D eigenvalue weighted by atomic mass is 35.5. The summed E-state index contributed by atoms with van der Waals surface area (Å²) < 4.78 is 0. The molecular weight excluding hydrogens is 270 g/mol. The van der Waals surface area contributed by atoms with E-state index in [0.717, 1.165) is 25.2 Å². The molecule has 0 bridgehead atoms. The summed E-state index contributed by atoms with van der Waals surface area (Å²) in [5, 5.41) is 10.6. The van der Waals surface area contributed by atoms with Gasteiger partial charge in [-0.15, -0.1) is 0 Å². The zero-order chi connectivity index (χ0) is 14.0. The molecular formula is C17H24ClNO. The summed E-state index contributed by atoms with van der Waals surface area (Å²) in [7, 11) is 0. The fourth-order valence-corrected chi connectivity index (χ4v) is 4.14. The van der Waals surface area contributed by atoms with E-state index in [1.54, 1.807) is 12.1 Å². The van der Waals surface area contributed by atoms with Crippen LogP contribution in [-0.4, -0.2) is 23.1 Å². The van der Waals surface area contributed by atoms with Gasteiger partial charge < -0.3 is 5.11 Å². The molecule has 1 saturated heterocycles. The Morgan fingerprint density at radius 1 is 1.05 bits per heavy atom. The first-order chi connectivity index (χ1) is 9.69. The number of piperidine rings is 1. The Morgan fingerprint density at radius 2 is 1.75 bits per heavy atom. The van der Waals surface area contributed by atoms with Crippen LogP contribution in [0.1, 0.15) is 50.5 Å². The van der Waals surface area contributed by atoms with Crippen molar-refractivity contribution in [1.29, 1.82) is 0 Å². The van der Waals surface area contributed by atoms with Crippen LogP contribution in [0.4, 0.5) is 0 Å². The quantitative estimate of drug-likeness (QED) is 0.862. The van der Waals surface area contributed by atoms with Gasteiger partial charge in [-0.3, -0.25) is 4.90 Å². The smallest absolute Gasteiger partial charge is 0.121 e. The van der Waals surface area contributed by atoms with Crippen molar-refractivity contribution in [2.45, 2.75) is 51.5 Å². The van der Waals surface area contributed by atoms with Crippen molar-refractivity contribution in [3.63, 3.8) is 0 Å². The normalized spacial score (nSPS) is 23.1. The van der Waals surface area contributed by atoms with Crippen molar-refractivity contribution >= 4 is 11.6 Å². The minimum absolute atomic E-state index is 0.329. The van der Waals surface area contributed by atoms with Gasteiger partial charge in [0.25, 0.3) is 0 Å². The summed E-state index contributed by atoms with van der Waals surface area (Å²) in [5.41, 5.74) is 1.52. The second-order valence-corrected chi connectivity index (χ2v) is 6.98. The maximum atomic E-state index is 9.95. The van der Waals surface area contributed by atoms with E-state index in [4.69, 9.17) is 11.6 Å². The highest BCUT2D eigenvalue weighted by Crippen LogP contribution is 2.44. The Labute approximate surface area is 126 Å². The number of hydrogen-bond acceptors (Lipinski definition) is 2. The van der Waals surface area contributed by atoms with Gasteiger partial charge in [0.15, 0.2) is 0 Å². The molecule has 1 aromatic rings. The molecule has 0 unspecified atom stereocenters. The maximum absolute atomic E-state index is 9.95. The third kappa shape index (κ3) is 2.96. The average Bonchev–Trinajstić information content (AvgIpc) is 2.46. The van der Waals surface area contributed by atoms with Crippen LogP contribution >= 0.6 is 11.6 Å². The minimum Gasteiger partial charge on any atom is -0.508 e. The van der Waals surface area contributed by atoms with Crippen LogP contribution in [0.3, 0.4) is 0 Å². The van der Waals surface area contributed by atoms with Crippen LogP contribution < -0.4 is 0 Å². The van der Waals surface area contributed by atoms with Crippen molar-refractivity contribution in [3.8, 4) is 5.75 Å². The summed E-state index contributed by atoms with van der Waals surface area (Å²) in [6.07, 6.45) is 9.77. The summed E-state index contributed by atoms with van der Waals surface area (Å²) in [6.45, 7) is 3.07. The van der Waals surface area contributed by atoms with Gasteiger partial charge in [0.05, 0.1) is 0 Å². The summed E-state index contributed by atoms with van der Waals surface area (Å²) in [4.78, 5) is 2.45. The van der Waals surface area contributed by atoms with E-state index in [9.17, 15) is 5.11 Å². The number of likely N-dealkylation sites (tertiary alicyclic amines) is 1. The van der Waals surface area contributed by atoms with E-state index in [1.165, 1.54) is 44.9 Å². The molecule has 0 radical (unpaired) electrons. The number of aromatic hydroxyl groups is 1. The van der Waals surface area contributed by atoms with Gasteiger partial charge in [-0.2, -0.15) is 0 Å². The molecule has 1 aromatic carbocycles. The molecule has 1 aliphatic heterocycles. The van der Waals surface area contributed by atoms with E-state index in [1.807, 2.05) is 6.07 Å². The molecule has 3 rings (SSSR count). The monoisotopic (exact) mass is 293 g/mol. The molecule has 2 aliphatic rings. The molecule has 20 heavy (non-hydrogen) atoms. The highest BCUT2D eigenvalue weighted by molar-refractivity contribution is 6.31. The lowest BCUT2D eigenvalue weighted by atomic mass is 9.68. The van der Waals surface area contributed by atoms with Crippen molar-refractivity contribution in [3.05, 3.63) is 28.8 Å². The van der Waals surface area contributed by atoms with Crippen LogP contribution in [0.5, 0.6) is 5.75 Å². The van der Waals surface area contributed by atoms with Gasteiger partial charge in [0.1, 0.15) is 5.75 Å². The SMILES string of the molecule is Oc1cccc(Cl)c1CN1CCC2(CCCCC2)CC1. The second-order valence-electron chi connectivity index (χ2n) is 6.57.